The van der Waals surface area contributed by atoms with Gasteiger partial charge < -0.3 is 5.11 Å². The molecule has 0 saturated carbocycles. The standard InChI is InChI=1S/C8H12N2OS/c1-7(3-5-11)12-8-2-4-9-6-10-8/h2,4,6-7,11H,3,5H2,1H3. The van der Waals surface area contributed by atoms with Crippen LogP contribution in [0.3, 0.4) is 0 Å². The van der Waals surface area contributed by atoms with E-state index in [0.29, 0.717) is 5.25 Å². The zero-order valence-corrected chi connectivity index (χ0v) is 7.79. The lowest BCUT2D eigenvalue weighted by atomic mass is 10.3. The minimum Gasteiger partial charge on any atom is -0.396 e. The third kappa shape index (κ3) is 3.19. The zero-order chi connectivity index (χ0) is 8.81. The highest BCUT2D eigenvalue weighted by atomic mass is 32.2. The van der Waals surface area contributed by atoms with Gasteiger partial charge >= 0.3 is 0 Å². The van der Waals surface area contributed by atoms with E-state index in [-0.39, 0.29) is 6.61 Å². The Balaban J connectivity index is 2.41. The Kier molecular flexibility index (Phi) is 4.04. The van der Waals surface area contributed by atoms with Crippen LogP contribution in [0.2, 0.25) is 0 Å². The Labute approximate surface area is 76.2 Å². The topological polar surface area (TPSA) is 46.0 Å². The second kappa shape index (κ2) is 5.11. The fraction of sp³-hybridized carbons (Fsp3) is 0.500. The van der Waals surface area contributed by atoms with Crippen LogP contribution in [0.25, 0.3) is 0 Å². The van der Waals surface area contributed by atoms with Crippen LogP contribution >= 0.6 is 11.8 Å². The molecular formula is C8H12N2OS. The first-order valence-corrected chi connectivity index (χ1v) is 4.74. The highest BCUT2D eigenvalue weighted by molar-refractivity contribution is 7.99. The molecule has 3 nitrogen and oxygen atoms in total. The number of nitrogens with zero attached hydrogens (tertiary/aromatic N) is 2. The van der Waals surface area contributed by atoms with Crippen LogP contribution in [-0.4, -0.2) is 26.9 Å². The van der Waals surface area contributed by atoms with Gasteiger partial charge in [0.05, 0.1) is 5.03 Å². The van der Waals surface area contributed by atoms with Crippen LogP contribution in [0.15, 0.2) is 23.6 Å². The molecule has 0 saturated heterocycles. The predicted octanol–water partition coefficient (Wildman–Crippen LogP) is 1.34. The summed E-state index contributed by atoms with van der Waals surface area (Å²) >= 11 is 1.66. The molecule has 1 rings (SSSR count). The molecular weight excluding hydrogens is 172 g/mol. The summed E-state index contributed by atoms with van der Waals surface area (Å²) in [5, 5.41) is 10.0. The van der Waals surface area contributed by atoms with Crippen molar-refractivity contribution in [2.45, 2.75) is 23.6 Å². The van der Waals surface area contributed by atoms with Gasteiger partial charge in [0.2, 0.25) is 0 Å². The molecule has 0 amide bonds. The van der Waals surface area contributed by atoms with E-state index in [9.17, 15) is 0 Å². The molecule has 0 aliphatic rings. The quantitative estimate of drug-likeness (QED) is 0.566. The second-order valence-corrected chi connectivity index (χ2v) is 3.95. The maximum Gasteiger partial charge on any atom is 0.116 e. The lowest BCUT2D eigenvalue weighted by Crippen LogP contribution is -1.99. The van der Waals surface area contributed by atoms with E-state index in [2.05, 4.69) is 16.9 Å². The molecule has 0 radical (unpaired) electrons. The van der Waals surface area contributed by atoms with Crippen LogP contribution in [0.4, 0.5) is 0 Å². The Morgan fingerprint density at radius 1 is 1.67 bits per heavy atom. The second-order valence-electron chi connectivity index (χ2n) is 2.49. The number of hydrogen-bond acceptors (Lipinski definition) is 4. The van der Waals surface area contributed by atoms with E-state index in [1.165, 1.54) is 6.33 Å². The lowest BCUT2D eigenvalue weighted by Gasteiger charge is -2.06. The minimum absolute atomic E-state index is 0.235. The molecule has 1 aromatic rings. The number of rotatable bonds is 4. The number of hydrogen-bond donors (Lipinski definition) is 1. The van der Waals surface area contributed by atoms with Gasteiger partial charge in [-0.05, 0) is 12.5 Å². The third-order valence-electron chi connectivity index (χ3n) is 1.41. The monoisotopic (exact) mass is 184 g/mol. The predicted molar refractivity (Wildman–Crippen MR) is 49.1 cm³/mol. The maximum absolute atomic E-state index is 8.67. The van der Waals surface area contributed by atoms with Crippen molar-refractivity contribution in [3.63, 3.8) is 0 Å². The largest absolute Gasteiger partial charge is 0.396 e. The van der Waals surface area contributed by atoms with Crippen molar-refractivity contribution in [2.24, 2.45) is 0 Å². The molecule has 0 fully saturated rings. The van der Waals surface area contributed by atoms with E-state index in [1.54, 1.807) is 18.0 Å². The zero-order valence-electron chi connectivity index (χ0n) is 6.97. The van der Waals surface area contributed by atoms with Gasteiger partial charge in [-0.15, -0.1) is 11.8 Å². The van der Waals surface area contributed by atoms with Gasteiger partial charge in [0.15, 0.2) is 0 Å². The molecule has 0 spiro atoms. The Morgan fingerprint density at radius 3 is 3.08 bits per heavy atom. The SMILES string of the molecule is CC(CCO)Sc1ccncn1. The van der Waals surface area contributed by atoms with Gasteiger partial charge in [-0.1, -0.05) is 6.92 Å². The molecule has 4 heteroatoms. The molecule has 1 atom stereocenters. The van der Waals surface area contributed by atoms with Crippen molar-refractivity contribution in [1.82, 2.24) is 9.97 Å². The van der Waals surface area contributed by atoms with Crippen molar-refractivity contribution in [3.05, 3.63) is 18.6 Å². The summed E-state index contributed by atoms with van der Waals surface area (Å²) in [5.74, 6) is 0. The first-order chi connectivity index (χ1) is 5.83. The van der Waals surface area contributed by atoms with E-state index in [0.717, 1.165) is 11.4 Å². The summed E-state index contributed by atoms with van der Waals surface area (Å²) < 4.78 is 0. The lowest BCUT2D eigenvalue weighted by molar-refractivity contribution is 0.289. The molecule has 12 heavy (non-hydrogen) atoms. The van der Waals surface area contributed by atoms with E-state index < -0.39 is 0 Å². The molecule has 1 heterocycles. The van der Waals surface area contributed by atoms with Crippen LogP contribution in [0.5, 0.6) is 0 Å². The Hall–Kier alpha value is -0.610. The molecule has 1 unspecified atom stereocenters. The van der Waals surface area contributed by atoms with E-state index in [1.807, 2.05) is 6.07 Å². The van der Waals surface area contributed by atoms with Gasteiger partial charge in [-0.25, -0.2) is 9.97 Å². The number of aromatic nitrogens is 2. The van der Waals surface area contributed by atoms with Crippen molar-refractivity contribution >= 4 is 11.8 Å². The molecule has 1 N–H and O–H groups in total. The highest BCUT2D eigenvalue weighted by Gasteiger charge is 2.03. The smallest absolute Gasteiger partial charge is 0.116 e. The summed E-state index contributed by atoms with van der Waals surface area (Å²) in [4.78, 5) is 7.90. The van der Waals surface area contributed by atoms with Gasteiger partial charge in [-0.2, -0.15) is 0 Å². The molecule has 0 aliphatic carbocycles. The van der Waals surface area contributed by atoms with Crippen LogP contribution in [0, 0.1) is 0 Å². The first-order valence-electron chi connectivity index (χ1n) is 3.86. The molecule has 0 bridgehead atoms. The summed E-state index contributed by atoms with van der Waals surface area (Å²) in [6.07, 6.45) is 4.06. The third-order valence-corrected chi connectivity index (χ3v) is 2.53. The average Bonchev–Trinajstić information content (AvgIpc) is 2.06. The van der Waals surface area contributed by atoms with Crippen molar-refractivity contribution in [3.8, 4) is 0 Å². The van der Waals surface area contributed by atoms with Gasteiger partial charge in [0.1, 0.15) is 6.33 Å². The van der Waals surface area contributed by atoms with Crippen molar-refractivity contribution in [1.29, 1.82) is 0 Å². The van der Waals surface area contributed by atoms with Crippen molar-refractivity contribution in [2.75, 3.05) is 6.61 Å². The molecule has 0 aliphatic heterocycles. The molecule has 0 aromatic carbocycles. The summed E-state index contributed by atoms with van der Waals surface area (Å²) in [5.41, 5.74) is 0. The normalized spacial score (nSPS) is 12.8. The van der Waals surface area contributed by atoms with E-state index >= 15 is 0 Å². The molecule has 66 valence electrons. The van der Waals surface area contributed by atoms with Crippen LogP contribution < -0.4 is 0 Å². The number of aliphatic hydroxyl groups excluding tert-OH is 1. The number of aliphatic hydroxyl groups is 1. The van der Waals surface area contributed by atoms with Crippen LogP contribution in [-0.2, 0) is 0 Å². The summed E-state index contributed by atoms with van der Waals surface area (Å²) in [7, 11) is 0. The Bertz CT molecular complexity index is 218. The van der Waals surface area contributed by atoms with Gasteiger partial charge in [-0.3, -0.25) is 0 Å². The fourth-order valence-electron chi connectivity index (χ4n) is 0.795. The van der Waals surface area contributed by atoms with E-state index in [4.69, 9.17) is 5.11 Å². The summed E-state index contributed by atoms with van der Waals surface area (Å²) in [6, 6.07) is 1.87. The fourth-order valence-corrected chi connectivity index (χ4v) is 1.68. The molecule has 1 aromatic heterocycles. The van der Waals surface area contributed by atoms with Crippen molar-refractivity contribution < 1.29 is 5.11 Å². The summed E-state index contributed by atoms with van der Waals surface area (Å²) in [6.45, 7) is 2.31. The van der Waals surface area contributed by atoms with Gasteiger partial charge in [0, 0.05) is 18.1 Å². The Morgan fingerprint density at radius 2 is 2.50 bits per heavy atom. The number of thioether (sulfide) groups is 1. The first kappa shape index (κ1) is 9.48. The van der Waals surface area contributed by atoms with Crippen LogP contribution in [0.1, 0.15) is 13.3 Å². The average molecular weight is 184 g/mol. The van der Waals surface area contributed by atoms with Gasteiger partial charge in [0.25, 0.3) is 0 Å². The minimum atomic E-state index is 0.235. The highest BCUT2D eigenvalue weighted by Crippen LogP contribution is 2.21. The maximum atomic E-state index is 8.67.